The maximum absolute atomic E-state index is 13.8. The first-order chi connectivity index (χ1) is 13.4. The van der Waals surface area contributed by atoms with Crippen LogP contribution >= 0.6 is 0 Å². The lowest BCUT2D eigenvalue weighted by atomic mass is 10.1. The standard InChI is InChI=1S/C22H21F2N3O/c1-15(2)27(14-16-6-4-3-5-7-16)22(28)17-8-11-21(25-13-17)26-20-10-9-18(23)12-19(20)24/h3-13,15H,14H2,1-2H3,(H,25,26). The molecule has 0 unspecified atom stereocenters. The second-order valence-corrected chi connectivity index (χ2v) is 6.69. The van der Waals surface area contributed by atoms with E-state index in [1.165, 1.54) is 12.3 Å². The Labute approximate surface area is 162 Å². The smallest absolute Gasteiger partial charge is 0.255 e. The van der Waals surface area contributed by atoms with Gasteiger partial charge in [0.25, 0.3) is 5.91 Å². The Bertz CT molecular complexity index is 944. The van der Waals surface area contributed by atoms with Gasteiger partial charge in [0.1, 0.15) is 17.5 Å². The zero-order valence-electron chi connectivity index (χ0n) is 15.7. The van der Waals surface area contributed by atoms with Gasteiger partial charge in [-0.3, -0.25) is 4.79 Å². The van der Waals surface area contributed by atoms with Crippen LogP contribution in [0.4, 0.5) is 20.3 Å². The van der Waals surface area contributed by atoms with E-state index in [-0.39, 0.29) is 17.6 Å². The van der Waals surface area contributed by atoms with Crippen LogP contribution in [0.15, 0.2) is 66.9 Å². The number of hydrogen-bond acceptors (Lipinski definition) is 3. The van der Waals surface area contributed by atoms with Crippen molar-refractivity contribution in [1.29, 1.82) is 0 Å². The van der Waals surface area contributed by atoms with Crippen molar-refractivity contribution >= 4 is 17.4 Å². The first-order valence-corrected chi connectivity index (χ1v) is 8.97. The van der Waals surface area contributed by atoms with Crippen LogP contribution in [0.2, 0.25) is 0 Å². The molecule has 0 radical (unpaired) electrons. The molecule has 1 amide bonds. The quantitative estimate of drug-likeness (QED) is 0.642. The molecule has 0 aliphatic carbocycles. The van der Waals surface area contributed by atoms with Crippen LogP contribution in [0.5, 0.6) is 0 Å². The predicted molar refractivity (Wildman–Crippen MR) is 105 cm³/mol. The van der Waals surface area contributed by atoms with E-state index in [1.54, 1.807) is 17.0 Å². The highest BCUT2D eigenvalue weighted by molar-refractivity contribution is 5.94. The number of aromatic nitrogens is 1. The molecular formula is C22H21F2N3O. The number of rotatable bonds is 6. The summed E-state index contributed by atoms with van der Waals surface area (Å²) in [6.45, 7) is 4.42. The third-order valence-electron chi connectivity index (χ3n) is 4.28. The zero-order valence-corrected chi connectivity index (χ0v) is 15.7. The Balaban J connectivity index is 1.74. The number of nitrogens with one attached hydrogen (secondary N) is 1. The van der Waals surface area contributed by atoms with Crippen molar-refractivity contribution < 1.29 is 13.6 Å². The van der Waals surface area contributed by atoms with E-state index < -0.39 is 11.6 Å². The first kappa shape index (κ1) is 19.5. The van der Waals surface area contributed by atoms with Crippen molar-refractivity contribution in [2.24, 2.45) is 0 Å². The summed E-state index contributed by atoms with van der Waals surface area (Å²) in [6, 6.07) is 16.3. The van der Waals surface area contributed by atoms with Gasteiger partial charge in [0, 0.05) is 24.8 Å². The van der Waals surface area contributed by atoms with Crippen LogP contribution in [0.1, 0.15) is 29.8 Å². The highest BCUT2D eigenvalue weighted by atomic mass is 19.1. The van der Waals surface area contributed by atoms with E-state index in [0.29, 0.717) is 17.9 Å². The Morgan fingerprint density at radius 3 is 2.43 bits per heavy atom. The van der Waals surface area contributed by atoms with E-state index in [4.69, 9.17) is 0 Å². The molecule has 0 aliphatic rings. The molecule has 1 aromatic heterocycles. The molecule has 0 atom stereocenters. The van der Waals surface area contributed by atoms with Crippen molar-refractivity contribution in [2.45, 2.75) is 26.4 Å². The number of halogens is 2. The van der Waals surface area contributed by atoms with Gasteiger partial charge in [-0.2, -0.15) is 0 Å². The lowest BCUT2D eigenvalue weighted by Gasteiger charge is -2.27. The lowest BCUT2D eigenvalue weighted by molar-refractivity contribution is 0.0690. The minimum Gasteiger partial charge on any atom is -0.338 e. The second-order valence-electron chi connectivity index (χ2n) is 6.69. The molecule has 0 aliphatic heterocycles. The maximum atomic E-state index is 13.8. The Morgan fingerprint density at radius 2 is 1.82 bits per heavy atom. The molecule has 28 heavy (non-hydrogen) atoms. The van der Waals surface area contributed by atoms with Gasteiger partial charge in [0.15, 0.2) is 0 Å². The molecular weight excluding hydrogens is 360 g/mol. The van der Waals surface area contributed by atoms with E-state index in [0.717, 1.165) is 17.7 Å². The maximum Gasteiger partial charge on any atom is 0.255 e. The monoisotopic (exact) mass is 381 g/mol. The van der Waals surface area contributed by atoms with E-state index in [2.05, 4.69) is 10.3 Å². The summed E-state index contributed by atoms with van der Waals surface area (Å²) in [6.07, 6.45) is 1.45. The minimum atomic E-state index is -0.712. The van der Waals surface area contributed by atoms with Gasteiger partial charge in [-0.1, -0.05) is 30.3 Å². The van der Waals surface area contributed by atoms with Crippen LogP contribution in [0.3, 0.4) is 0 Å². The Hall–Kier alpha value is -3.28. The molecule has 3 rings (SSSR count). The third kappa shape index (κ3) is 4.71. The highest BCUT2D eigenvalue weighted by Crippen LogP contribution is 2.20. The average molecular weight is 381 g/mol. The molecule has 6 heteroatoms. The number of nitrogens with zero attached hydrogens (tertiary/aromatic N) is 2. The van der Waals surface area contributed by atoms with E-state index in [1.807, 2.05) is 44.2 Å². The lowest BCUT2D eigenvalue weighted by Crippen LogP contribution is -2.36. The number of benzene rings is 2. The fourth-order valence-corrected chi connectivity index (χ4v) is 2.76. The summed E-state index contributed by atoms with van der Waals surface area (Å²) in [5.41, 5.74) is 1.60. The Kier molecular flexibility index (Phi) is 5.99. The molecule has 144 valence electrons. The largest absolute Gasteiger partial charge is 0.338 e. The van der Waals surface area contributed by atoms with E-state index >= 15 is 0 Å². The molecule has 0 saturated heterocycles. The van der Waals surface area contributed by atoms with Crippen LogP contribution in [-0.4, -0.2) is 21.8 Å². The van der Waals surface area contributed by atoms with Crippen LogP contribution in [-0.2, 0) is 6.54 Å². The number of carbonyl (C=O) groups excluding carboxylic acids is 1. The fraction of sp³-hybridized carbons (Fsp3) is 0.182. The average Bonchev–Trinajstić information content (AvgIpc) is 2.69. The van der Waals surface area contributed by atoms with Gasteiger partial charge in [0.05, 0.1) is 11.3 Å². The third-order valence-corrected chi connectivity index (χ3v) is 4.28. The summed E-state index contributed by atoms with van der Waals surface area (Å²) in [5, 5.41) is 2.78. The molecule has 0 saturated carbocycles. The molecule has 1 N–H and O–H groups in total. The zero-order chi connectivity index (χ0) is 20.1. The second kappa shape index (κ2) is 8.61. The van der Waals surface area contributed by atoms with Gasteiger partial charge in [-0.05, 0) is 43.7 Å². The highest BCUT2D eigenvalue weighted by Gasteiger charge is 2.19. The van der Waals surface area contributed by atoms with Crippen LogP contribution < -0.4 is 5.32 Å². The molecule has 1 heterocycles. The molecule has 3 aromatic rings. The van der Waals surface area contributed by atoms with Crippen molar-refractivity contribution in [1.82, 2.24) is 9.88 Å². The summed E-state index contributed by atoms with van der Waals surface area (Å²) >= 11 is 0. The SMILES string of the molecule is CC(C)N(Cc1ccccc1)C(=O)c1ccc(Nc2ccc(F)cc2F)nc1. The fourth-order valence-electron chi connectivity index (χ4n) is 2.76. The van der Waals surface area contributed by atoms with Crippen molar-refractivity contribution in [2.75, 3.05) is 5.32 Å². The number of hydrogen-bond donors (Lipinski definition) is 1. The molecule has 0 bridgehead atoms. The normalized spacial score (nSPS) is 10.8. The topological polar surface area (TPSA) is 45.2 Å². The number of carbonyl (C=O) groups is 1. The van der Waals surface area contributed by atoms with Crippen molar-refractivity contribution in [3.05, 3.63) is 89.6 Å². The first-order valence-electron chi connectivity index (χ1n) is 8.97. The van der Waals surface area contributed by atoms with Gasteiger partial charge in [-0.25, -0.2) is 13.8 Å². The molecule has 2 aromatic carbocycles. The predicted octanol–water partition coefficient (Wildman–Crippen LogP) is 5.15. The summed E-state index contributed by atoms with van der Waals surface area (Å²) < 4.78 is 26.8. The number of amides is 1. The van der Waals surface area contributed by atoms with Gasteiger partial charge >= 0.3 is 0 Å². The summed E-state index contributed by atoms with van der Waals surface area (Å²) in [5.74, 6) is -1.13. The molecule has 4 nitrogen and oxygen atoms in total. The van der Waals surface area contributed by atoms with Crippen LogP contribution in [0.25, 0.3) is 0 Å². The summed E-state index contributed by atoms with van der Waals surface area (Å²) in [4.78, 5) is 18.9. The van der Waals surface area contributed by atoms with Crippen molar-refractivity contribution in [3.63, 3.8) is 0 Å². The van der Waals surface area contributed by atoms with Crippen LogP contribution in [0, 0.1) is 11.6 Å². The van der Waals surface area contributed by atoms with Gasteiger partial charge in [0.2, 0.25) is 0 Å². The molecule has 0 spiro atoms. The minimum absolute atomic E-state index is 0.0128. The van der Waals surface area contributed by atoms with E-state index in [9.17, 15) is 13.6 Å². The van der Waals surface area contributed by atoms with Crippen molar-refractivity contribution in [3.8, 4) is 0 Å². The Morgan fingerprint density at radius 1 is 1.07 bits per heavy atom. The van der Waals surface area contributed by atoms with Gasteiger partial charge < -0.3 is 10.2 Å². The molecule has 0 fully saturated rings. The number of anilines is 2. The number of pyridine rings is 1. The summed E-state index contributed by atoms with van der Waals surface area (Å²) in [7, 11) is 0. The van der Waals surface area contributed by atoms with Gasteiger partial charge in [-0.15, -0.1) is 0 Å².